The zero-order valence-electron chi connectivity index (χ0n) is 1.48. The molecule has 0 saturated carbocycles. The van der Waals surface area contributed by atoms with Crippen molar-refractivity contribution >= 4 is 20.4 Å². The molecule has 0 amide bonds. The molecule has 0 rings (SSSR count). The van der Waals surface area contributed by atoms with Gasteiger partial charge in [0, 0.05) is 21.1 Å². The van der Waals surface area contributed by atoms with Gasteiger partial charge in [0.25, 0.3) is 0 Å². The molecule has 0 heterocycles. The van der Waals surface area contributed by atoms with Gasteiger partial charge in [-0.3, -0.25) is 0 Å². The van der Waals surface area contributed by atoms with E-state index in [1.165, 1.54) is 0 Å². The quantitative estimate of drug-likeness (QED) is 0.593. The molecule has 0 aliphatic heterocycles. The average molecular weight is 313 g/mol. The van der Waals surface area contributed by atoms with Gasteiger partial charge in [0.1, 0.15) is 0 Å². The van der Waals surface area contributed by atoms with E-state index in [1.807, 2.05) is 0 Å². The van der Waals surface area contributed by atoms with Gasteiger partial charge in [-0.05, 0) is 0 Å². The van der Waals surface area contributed by atoms with Crippen molar-refractivity contribution in [3.8, 4) is 0 Å². The van der Waals surface area contributed by atoms with Crippen LogP contribution in [0.15, 0.2) is 0 Å². The number of hydrogen-bond donors (Lipinski definition) is 0. The molecular formula is Cl2NiW. The Morgan fingerprint density at radius 1 is 1.25 bits per heavy atom. The van der Waals surface area contributed by atoms with Crippen LogP contribution >= 0.6 is 20.4 Å². The van der Waals surface area contributed by atoms with Gasteiger partial charge >= 0.3 is 33.0 Å². The van der Waals surface area contributed by atoms with E-state index in [2.05, 4.69) is 0 Å². The third-order valence-corrected chi connectivity index (χ3v) is 0. The Labute approximate surface area is 53.8 Å². The van der Waals surface area contributed by atoms with Crippen LogP contribution in [0, 0.1) is 0 Å². The van der Waals surface area contributed by atoms with Crippen LogP contribution in [0.1, 0.15) is 0 Å². The van der Waals surface area contributed by atoms with Gasteiger partial charge in [-0.2, -0.15) is 0 Å². The van der Waals surface area contributed by atoms with Crippen LogP contribution in [-0.2, 0) is 33.7 Å². The van der Waals surface area contributed by atoms with Crippen molar-refractivity contribution in [1.29, 1.82) is 0 Å². The Bertz CT molecular complexity index is 6.00. The third kappa shape index (κ3) is 9.24. The second kappa shape index (κ2) is 8.83. The third-order valence-electron chi connectivity index (χ3n) is 0. The van der Waals surface area contributed by atoms with Crippen molar-refractivity contribution in [2.24, 2.45) is 0 Å². The molecule has 0 unspecified atom stereocenters. The molecule has 0 aromatic rings. The smallest absolute Gasteiger partial charge is 0 e. The Hall–Kier alpha value is 1.76. The zero-order chi connectivity index (χ0) is 2.71. The van der Waals surface area contributed by atoms with Crippen molar-refractivity contribution in [3.05, 3.63) is 0 Å². The Kier molecular flexibility index (Phi) is 20.4. The summed E-state index contributed by atoms with van der Waals surface area (Å²) in [7, 11) is 9.40. The number of halogens is 2. The molecule has 4 heavy (non-hydrogen) atoms. The standard InChI is InChI=1S/2ClH.Ni.W/h2*1H;;/q;;+2;/p-2. The second-order valence-corrected chi connectivity index (χ2v) is 1.68. The van der Waals surface area contributed by atoms with Crippen molar-refractivity contribution in [3.63, 3.8) is 0 Å². The summed E-state index contributed by atoms with van der Waals surface area (Å²) in [5.74, 6) is 0. The predicted molar refractivity (Wildman–Crippen MR) is 11.7 cm³/mol. The molecule has 0 aliphatic carbocycles. The second-order valence-electron chi connectivity index (χ2n) is 0.0452. The Morgan fingerprint density at radius 2 is 1.25 bits per heavy atom. The maximum Gasteiger partial charge on any atom is 0 e. The Morgan fingerprint density at radius 3 is 1.25 bits per heavy atom. The van der Waals surface area contributed by atoms with Crippen molar-refractivity contribution < 1.29 is 33.7 Å². The monoisotopic (exact) mass is 312 g/mol. The number of rotatable bonds is 0. The predicted octanol–water partition coefficient (Wildman–Crippen LogP) is 1.37. The molecule has 0 atom stereocenters. The minimum absolute atomic E-state index is 0. The maximum atomic E-state index is 4.70. The summed E-state index contributed by atoms with van der Waals surface area (Å²) < 4.78 is 0. The van der Waals surface area contributed by atoms with Gasteiger partial charge in [0.15, 0.2) is 0 Å². The molecule has 0 nitrogen and oxygen atoms in total. The van der Waals surface area contributed by atoms with E-state index in [4.69, 9.17) is 20.4 Å². The SMILES string of the molecule is [Cl][Ni][Cl].[W]. The fourth-order valence-corrected chi connectivity index (χ4v) is 0. The van der Waals surface area contributed by atoms with Gasteiger partial charge in [-0.1, -0.05) is 0 Å². The van der Waals surface area contributed by atoms with E-state index in [1.54, 1.807) is 0 Å². The van der Waals surface area contributed by atoms with Gasteiger partial charge in [0.05, 0.1) is 0 Å². The Balaban J connectivity index is 0. The van der Waals surface area contributed by atoms with Crippen molar-refractivity contribution in [1.82, 2.24) is 0 Å². The van der Waals surface area contributed by atoms with E-state index in [0.29, 0.717) is 12.7 Å². The molecule has 0 fully saturated rings. The normalized spacial score (nSPS) is 5.50. The summed E-state index contributed by atoms with van der Waals surface area (Å²) in [4.78, 5) is 0. The molecule has 0 N–H and O–H groups in total. The van der Waals surface area contributed by atoms with E-state index < -0.39 is 0 Å². The molecule has 0 aromatic heterocycles. The van der Waals surface area contributed by atoms with Gasteiger partial charge in [-0.15, -0.1) is 0 Å². The van der Waals surface area contributed by atoms with Crippen LogP contribution in [0.3, 0.4) is 0 Å². The average Bonchev–Trinajstić information content (AvgIpc) is 0.918. The van der Waals surface area contributed by atoms with Crippen LogP contribution in [0.5, 0.6) is 0 Å². The molecular weight excluding hydrogens is 313 g/mol. The van der Waals surface area contributed by atoms with E-state index >= 15 is 0 Å². The molecule has 0 radical (unpaired) electrons. The van der Waals surface area contributed by atoms with Gasteiger partial charge in [0.2, 0.25) is 0 Å². The first kappa shape index (κ1) is 9.23. The van der Waals surface area contributed by atoms with E-state index in [-0.39, 0.29) is 21.1 Å². The molecule has 30 valence electrons. The summed E-state index contributed by atoms with van der Waals surface area (Å²) >= 11 is 0.569. The molecule has 0 spiro atoms. The summed E-state index contributed by atoms with van der Waals surface area (Å²) in [6.07, 6.45) is 0. The van der Waals surface area contributed by atoms with E-state index in [9.17, 15) is 0 Å². The minimum atomic E-state index is 0. The first-order valence-electron chi connectivity index (χ1n) is 0.239. The summed E-state index contributed by atoms with van der Waals surface area (Å²) in [5, 5.41) is 0. The fraction of sp³-hybridized carbons (Fsp3) is 0. The van der Waals surface area contributed by atoms with Gasteiger partial charge < -0.3 is 0 Å². The maximum absolute atomic E-state index is 4.70. The van der Waals surface area contributed by atoms with Crippen molar-refractivity contribution in [2.45, 2.75) is 0 Å². The van der Waals surface area contributed by atoms with Crippen LogP contribution in [0.25, 0.3) is 0 Å². The first-order chi connectivity index (χ1) is 1.41. The first-order valence-corrected chi connectivity index (χ1v) is 2.96. The summed E-state index contributed by atoms with van der Waals surface area (Å²) in [6, 6.07) is 0. The van der Waals surface area contributed by atoms with Gasteiger partial charge in [-0.25, -0.2) is 0 Å². The topological polar surface area (TPSA) is 0 Å². The summed E-state index contributed by atoms with van der Waals surface area (Å²) in [6.45, 7) is 0. The minimum Gasteiger partial charge on any atom is 0 e. The van der Waals surface area contributed by atoms with Crippen LogP contribution in [-0.4, -0.2) is 0 Å². The number of hydrogen-bond acceptors (Lipinski definition) is 0. The van der Waals surface area contributed by atoms with Crippen molar-refractivity contribution in [2.75, 3.05) is 0 Å². The molecule has 0 aliphatic rings. The van der Waals surface area contributed by atoms with Crippen LogP contribution < -0.4 is 0 Å². The molecule has 0 bridgehead atoms. The molecule has 0 aromatic carbocycles. The fourth-order valence-electron chi connectivity index (χ4n) is 0. The molecule has 4 heteroatoms. The summed E-state index contributed by atoms with van der Waals surface area (Å²) in [5.41, 5.74) is 0. The van der Waals surface area contributed by atoms with E-state index in [0.717, 1.165) is 0 Å². The van der Waals surface area contributed by atoms with Crippen LogP contribution in [0.4, 0.5) is 0 Å². The molecule has 0 saturated heterocycles. The largest absolute Gasteiger partial charge is 0 e. The zero-order valence-corrected chi connectivity index (χ0v) is 6.91. The van der Waals surface area contributed by atoms with Crippen LogP contribution in [0.2, 0.25) is 0 Å².